The first-order chi connectivity index (χ1) is 6.49. The number of hydrogen-bond donors (Lipinski definition) is 0. The molecule has 0 N–H and O–H groups in total. The maximum Gasteiger partial charge on any atom is 0.389 e. The molecule has 0 radical (unpaired) electrons. The van der Waals surface area contributed by atoms with Crippen LogP contribution in [0.5, 0.6) is 0 Å². The standard InChI is InChI=1S/C10H10BrF3/c11-9(6-7-10(12,13)14)8-4-2-1-3-5-8/h1-5,9H,6-7H2. The van der Waals surface area contributed by atoms with Crippen molar-refractivity contribution in [1.82, 2.24) is 0 Å². The SMILES string of the molecule is FC(F)(F)CCC(Br)c1ccccc1. The van der Waals surface area contributed by atoms with Gasteiger partial charge in [0.2, 0.25) is 0 Å². The molecule has 0 nitrogen and oxygen atoms in total. The number of rotatable bonds is 3. The van der Waals surface area contributed by atoms with Gasteiger partial charge >= 0.3 is 6.18 Å². The van der Waals surface area contributed by atoms with Gasteiger partial charge in [-0.05, 0) is 12.0 Å². The molecule has 4 heteroatoms. The topological polar surface area (TPSA) is 0 Å². The molecule has 0 aliphatic heterocycles. The molecular weight excluding hydrogens is 257 g/mol. The van der Waals surface area contributed by atoms with Crippen molar-refractivity contribution in [2.24, 2.45) is 0 Å². The van der Waals surface area contributed by atoms with Crippen molar-refractivity contribution in [2.75, 3.05) is 0 Å². The highest BCUT2D eigenvalue weighted by molar-refractivity contribution is 9.09. The summed E-state index contributed by atoms with van der Waals surface area (Å²) in [5.41, 5.74) is 0.886. The van der Waals surface area contributed by atoms with Crippen LogP contribution in [0.25, 0.3) is 0 Å². The fraction of sp³-hybridized carbons (Fsp3) is 0.400. The van der Waals surface area contributed by atoms with Crippen LogP contribution < -0.4 is 0 Å². The molecule has 0 saturated carbocycles. The van der Waals surface area contributed by atoms with Gasteiger partial charge in [-0.3, -0.25) is 0 Å². The lowest BCUT2D eigenvalue weighted by Gasteiger charge is -2.11. The quantitative estimate of drug-likeness (QED) is 0.709. The Balaban J connectivity index is 2.48. The van der Waals surface area contributed by atoms with E-state index in [1.807, 2.05) is 30.3 Å². The zero-order valence-electron chi connectivity index (χ0n) is 7.39. The smallest absolute Gasteiger partial charge is 0.171 e. The summed E-state index contributed by atoms with van der Waals surface area (Å²) in [6.45, 7) is 0. The van der Waals surface area contributed by atoms with E-state index in [4.69, 9.17) is 0 Å². The van der Waals surface area contributed by atoms with Gasteiger partial charge in [0.15, 0.2) is 0 Å². The van der Waals surface area contributed by atoms with Gasteiger partial charge in [-0.15, -0.1) is 0 Å². The van der Waals surface area contributed by atoms with Gasteiger partial charge in [-0.2, -0.15) is 13.2 Å². The fourth-order valence-electron chi connectivity index (χ4n) is 1.12. The van der Waals surface area contributed by atoms with Gasteiger partial charge < -0.3 is 0 Å². The number of halogens is 4. The average molecular weight is 267 g/mol. The van der Waals surface area contributed by atoms with Crippen molar-refractivity contribution >= 4 is 15.9 Å². The average Bonchev–Trinajstić information content (AvgIpc) is 2.14. The summed E-state index contributed by atoms with van der Waals surface area (Å²) in [7, 11) is 0. The number of alkyl halides is 4. The molecule has 14 heavy (non-hydrogen) atoms. The highest BCUT2D eigenvalue weighted by Gasteiger charge is 2.27. The monoisotopic (exact) mass is 266 g/mol. The van der Waals surface area contributed by atoms with Crippen LogP contribution in [-0.4, -0.2) is 6.18 Å². The lowest BCUT2D eigenvalue weighted by molar-refractivity contribution is -0.135. The third kappa shape index (κ3) is 4.13. The van der Waals surface area contributed by atoms with Gasteiger partial charge in [0.05, 0.1) is 0 Å². The molecule has 1 aromatic rings. The van der Waals surface area contributed by atoms with E-state index in [2.05, 4.69) is 15.9 Å². The van der Waals surface area contributed by atoms with Gasteiger partial charge in [0, 0.05) is 11.2 Å². The lowest BCUT2D eigenvalue weighted by Crippen LogP contribution is -2.08. The van der Waals surface area contributed by atoms with E-state index in [9.17, 15) is 13.2 Å². The van der Waals surface area contributed by atoms with Crippen LogP contribution in [0.1, 0.15) is 23.2 Å². The predicted molar refractivity (Wildman–Crippen MR) is 53.4 cm³/mol. The Labute approximate surface area is 89.3 Å². The van der Waals surface area contributed by atoms with Crippen molar-refractivity contribution in [2.45, 2.75) is 23.8 Å². The van der Waals surface area contributed by atoms with E-state index in [-0.39, 0.29) is 11.2 Å². The van der Waals surface area contributed by atoms with Crippen LogP contribution in [0.3, 0.4) is 0 Å². The maximum atomic E-state index is 11.9. The maximum absolute atomic E-state index is 11.9. The summed E-state index contributed by atoms with van der Waals surface area (Å²) in [4.78, 5) is -0.217. The highest BCUT2D eigenvalue weighted by Crippen LogP contribution is 2.32. The summed E-state index contributed by atoms with van der Waals surface area (Å²) in [6, 6.07) is 9.10. The van der Waals surface area contributed by atoms with Gasteiger partial charge in [-0.1, -0.05) is 46.3 Å². The van der Waals surface area contributed by atoms with Crippen LogP contribution in [-0.2, 0) is 0 Å². The van der Waals surface area contributed by atoms with Crippen LogP contribution in [0.2, 0.25) is 0 Å². The van der Waals surface area contributed by atoms with E-state index in [0.29, 0.717) is 0 Å². The Morgan fingerprint density at radius 2 is 1.71 bits per heavy atom. The Morgan fingerprint density at radius 3 is 2.21 bits per heavy atom. The summed E-state index contributed by atoms with van der Waals surface area (Å²) in [5.74, 6) is 0. The molecule has 1 atom stereocenters. The lowest BCUT2D eigenvalue weighted by atomic mass is 10.1. The molecule has 1 aromatic carbocycles. The Morgan fingerprint density at radius 1 is 1.14 bits per heavy atom. The number of benzene rings is 1. The summed E-state index contributed by atoms with van der Waals surface area (Å²) in [5, 5.41) is 0. The molecule has 0 aromatic heterocycles. The molecule has 0 aliphatic rings. The van der Waals surface area contributed by atoms with Crippen LogP contribution in [0.15, 0.2) is 30.3 Å². The summed E-state index contributed by atoms with van der Waals surface area (Å²) in [6.07, 6.45) is -4.74. The number of hydrogen-bond acceptors (Lipinski definition) is 0. The van der Waals surface area contributed by atoms with Crippen molar-refractivity contribution in [1.29, 1.82) is 0 Å². The van der Waals surface area contributed by atoms with E-state index in [1.165, 1.54) is 0 Å². The Hall–Kier alpha value is -0.510. The first-order valence-electron chi connectivity index (χ1n) is 4.25. The second kappa shape index (κ2) is 4.82. The van der Waals surface area contributed by atoms with Crippen molar-refractivity contribution in [3.63, 3.8) is 0 Å². The van der Waals surface area contributed by atoms with Crippen LogP contribution >= 0.6 is 15.9 Å². The molecule has 0 aliphatic carbocycles. The molecule has 1 unspecified atom stereocenters. The van der Waals surface area contributed by atoms with Gasteiger partial charge in [0.25, 0.3) is 0 Å². The van der Waals surface area contributed by atoms with E-state index in [0.717, 1.165) is 5.56 Å². The summed E-state index contributed by atoms with van der Waals surface area (Å²) < 4.78 is 35.7. The Bertz CT molecular complexity index is 268. The van der Waals surface area contributed by atoms with Crippen molar-refractivity contribution in [3.8, 4) is 0 Å². The molecule has 78 valence electrons. The molecule has 0 heterocycles. The molecular formula is C10H10BrF3. The van der Waals surface area contributed by atoms with E-state index < -0.39 is 12.6 Å². The highest BCUT2D eigenvalue weighted by atomic mass is 79.9. The Kier molecular flexibility index (Phi) is 3.98. The van der Waals surface area contributed by atoms with Crippen molar-refractivity contribution < 1.29 is 13.2 Å². The zero-order chi connectivity index (χ0) is 10.6. The van der Waals surface area contributed by atoms with Crippen LogP contribution in [0.4, 0.5) is 13.2 Å². The molecule has 0 spiro atoms. The summed E-state index contributed by atoms with van der Waals surface area (Å²) >= 11 is 3.24. The molecule has 0 fully saturated rings. The third-order valence-corrected chi connectivity index (χ3v) is 2.83. The fourth-order valence-corrected chi connectivity index (χ4v) is 1.65. The zero-order valence-corrected chi connectivity index (χ0v) is 8.98. The minimum absolute atomic E-state index is 0.0769. The van der Waals surface area contributed by atoms with Gasteiger partial charge in [0.1, 0.15) is 0 Å². The minimum atomic E-state index is -4.07. The van der Waals surface area contributed by atoms with E-state index in [1.54, 1.807) is 0 Å². The predicted octanol–water partition coefficient (Wildman–Crippen LogP) is 4.47. The molecule has 0 saturated heterocycles. The minimum Gasteiger partial charge on any atom is -0.171 e. The largest absolute Gasteiger partial charge is 0.389 e. The van der Waals surface area contributed by atoms with Gasteiger partial charge in [-0.25, -0.2) is 0 Å². The first-order valence-corrected chi connectivity index (χ1v) is 5.16. The second-order valence-electron chi connectivity index (χ2n) is 3.03. The molecule has 1 rings (SSSR count). The molecule has 0 bridgehead atoms. The first kappa shape index (κ1) is 11.6. The molecule has 0 amide bonds. The van der Waals surface area contributed by atoms with Crippen LogP contribution in [0, 0.1) is 0 Å². The normalized spacial score (nSPS) is 14.0. The third-order valence-electron chi connectivity index (χ3n) is 1.84. The second-order valence-corrected chi connectivity index (χ2v) is 4.14. The van der Waals surface area contributed by atoms with Crippen molar-refractivity contribution in [3.05, 3.63) is 35.9 Å². The van der Waals surface area contributed by atoms with E-state index >= 15 is 0 Å².